The van der Waals surface area contributed by atoms with Gasteiger partial charge in [0.15, 0.2) is 0 Å². The van der Waals surface area contributed by atoms with Gasteiger partial charge in [0.25, 0.3) is 0 Å². The zero-order valence-corrected chi connectivity index (χ0v) is 16.8. The Hall–Kier alpha value is -2.68. The maximum absolute atomic E-state index is 11.9. The van der Waals surface area contributed by atoms with Gasteiger partial charge in [-0.15, -0.1) is 0 Å². The quantitative estimate of drug-likeness (QED) is 0.621. The van der Waals surface area contributed by atoms with Crippen LogP contribution in [0.4, 0.5) is 23.1 Å². The van der Waals surface area contributed by atoms with E-state index >= 15 is 0 Å². The lowest BCUT2D eigenvalue weighted by molar-refractivity contribution is -0.152. The van der Waals surface area contributed by atoms with Gasteiger partial charge in [-0.2, -0.15) is 4.98 Å². The summed E-state index contributed by atoms with van der Waals surface area (Å²) in [5, 5.41) is 8.84. The van der Waals surface area contributed by atoms with Crippen molar-refractivity contribution < 1.29 is 14.3 Å². The molecule has 0 radical (unpaired) electrons. The van der Waals surface area contributed by atoms with Crippen LogP contribution in [0, 0.1) is 0 Å². The highest BCUT2D eigenvalue weighted by Crippen LogP contribution is 2.28. The second kappa shape index (κ2) is 7.51. The molecule has 0 spiro atoms. The first-order chi connectivity index (χ1) is 12.7. The second-order valence-electron chi connectivity index (χ2n) is 7.05. The molecule has 0 bridgehead atoms. The summed E-state index contributed by atoms with van der Waals surface area (Å²) < 4.78 is 5.89. The van der Waals surface area contributed by atoms with Crippen LogP contribution in [0.15, 0.2) is 28.9 Å². The first-order valence-electron chi connectivity index (χ1n) is 8.38. The highest BCUT2D eigenvalue weighted by atomic mass is 79.9. The van der Waals surface area contributed by atoms with Crippen LogP contribution >= 0.6 is 15.9 Å². The van der Waals surface area contributed by atoms with Crippen molar-refractivity contribution in [2.45, 2.75) is 32.8 Å². The number of carbonyl (C=O) groups is 2. The van der Waals surface area contributed by atoms with Crippen LogP contribution in [0.25, 0.3) is 0 Å². The number of anilines is 4. The van der Waals surface area contributed by atoms with E-state index in [1.807, 2.05) is 39.0 Å². The molecule has 3 rings (SSSR count). The van der Waals surface area contributed by atoms with E-state index in [9.17, 15) is 9.59 Å². The molecule has 0 saturated heterocycles. The molecule has 3 N–H and O–H groups in total. The number of rotatable bonds is 5. The van der Waals surface area contributed by atoms with Gasteiger partial charge in [-0.3, -0.25) is 9.59 Å². The van der Waals surface area contributed by atoms with Crippen LogP contribution in [-0.4, -0.2) is 34.0 Å². The van der Waals surface area contributed by atoms with E-state index in [0.29, 0.717) is 22.7 Å². The SMILES string of the molecule is CC(C)(C)OC(=O)CNc1nc(Nc2ccc3c(c2)CC(=O)N3)ncc1Br. The molecule has 1 amide bonds. The van der Waals surface area contributed by atoms with Gasteiger partial charge in [-0.25, -0.2) is 4.98 Å². The third kappa shape index (κ3) is 5.16. The van der Waals surface area contributed by atoms with Crippen molar-refractivity contribution in [3.05, 3.63) is 34.4 Å². The number of nitrogens with zero attached hydrogens (tertiary/aromatic N) is 2. The minimum atomic E-state index is -0.543. The van der Waals surface area contributed by atoms with E-state index in [2.05, 4.69) is 41.8 Å². The van der Waals surface area contributed by atoms with E-state index in [0.717, 1.165) is 16.9 Å². The Morgan fingerprint density at radius 1 is 1.37 bits per heavy atom. The lowest BCUT2D eigenvalue weighted by atomic mass is 10.1. The van der Waals surface area contributed by atoms with E-state index in [4.69, 9.17) is 4.74 Å². The molecule has 1 aliphatic rings. The summed E-state index contributed by atoms with van der Waals surface area (Å²) in [6.07, 6.45) is 1.94. The predicted octanol–water partition coefficient (Wildman–Crippen LogP) is 3.23. The van der Waals surface area contributed by atoms with Crippen molar-refractivity contribution in [3.63, 3.8) is 0 Å². The normalized spacial score (nSPS) is 13.0. The number of amides is 1. The molecule has 27 heavy (non-hydrogen) atoms. The van der Waals surface area contributed by atoms with E-state index in [-0.39, 0.29) is 18.4 Å². The number of halogens is 1. The Morgan fingerprint density at radius 3 is 2.89 bits per heavy atom. The zero-order valence-electron chi connectivity index (χ0n) is 15.2. The molecule has 0 unspecified atom stereocenters. The topological polar surface area (TPSA) is 105 Å². The number of hydrogen-bond donors (Lipinski definition) is 3. The van der Waals surface area contributed by atoms with E-state index in [1.54, 1.807) is 6.20 Å². The number of aromatic nitrogens is 2. The number of benzene rings is 1. The van der Waals surface area contributed by atoms with Gasteiger partial charge in [-0.05, 0) is 60.5 Å². The van der Waals surface area contributed by atoms with Crippen LogP contribution in [0.3, 0.4) is 0 Å². The monoisotopic (exact) mass is 433 g/mol. The van der Waals surface area contributed by atoms with Gasteiger partial charge in [-0.1, -0.05) is 0 Å². The maximum atomic E-state index is 11.9. The van der Waals surface area contributed by atoms with Crippen LogP contribution < -0.4 is 16.0 Å². The van der Waals surface area contributed by atoms with E-state index in [1.165, 1.54) is 0 Å². The summed E-state index contributed by atoms with van der Waals surface area (Å²) in [4.78, 5) is 31.9. The smallest absolute Gasteiger partial charge is 0.325 e. The van der Waals surface area contributed by atoms with Gasteiger partial charge >= 0.3 is 5.97 Å². The Bertz CT molecular complexity index is 895. The second-order valence-corrected chi connectivity index (χ2v) is 7.91. The number of carbonyl (C=O) groups excluding carboxylic acids is 2. The van der Waals surface area contributed by atoms with Crippen LogP contribution in [0.2, 0.25) is 0 Å². The van der Waals surface area contributed by atoms with Crippen molar-refractivity contribution in [1.29, 1.82) is 0 Å². The van der Waals surface area contributed by atoms with E-state index < -0.39 is 5.60 Å². The molecule has 9 heteroatoms. The van der Waals surface area contributed by atoms with Crippen molar-refractivity contribution in [3.8, 4) is 0 Å². The molecular formula is C18H20BrN5O3. The minimum Gasteiger partial charge on any atom is -0.459 e. The van der Waals surface area contributed by atoms with Crippen molar-refractivity contribution in [2.75, 3.05) is 22.5 Å². The summed E-state index contributed by atoms with van der Waals surface area (Å²) >= 11 is 3.36. The molecule has 8 nitrogen and oxygen atoms in total. The van der Waals surface area contributed by atoms with Crippen molar-refractivity contribution in [2.24, 2.45) is 0 Å². The molecule has 2 heterocycles. The first-order valence-corrected chi connectivity index (χ1v) is 9.17. The fraction of sp³-hybridized carbons (Fsp3) is 0.333. The third-order valence-electron chi connectivity index (χ3n) is 3.55. The molecule has 1 aromatic heterocycles. The number of ether oxygens (including phenoxy) is 1. The maximum Gasteiger partial charge on any atom is 0.325 e. The summed E-state index contributed by atoms with van der Waals surface area (Å²) in [6.45, 7) is 5.42. The van der Waals surface area contributed by atoms with Gasteiger partial charge in [0.2, 0.25) is 11.9 Å². The lowest BCUT2D eigenvalue weighted by Gasteiger charge is -2.19. The highest BCUT2D eigenvalue weighted by molar-refractivity contribution is 9.10. The number of fused-ring (bicyclic) bond motifs is 1. The Morgan fingerprint density at radius 2 is 2.15 bits per heavy atom. The number of hydrogen-bond acceptors (Lipinski definition) is 7. The fourth-order valence-corrected chi connectivity index (χ4v) is 2.85. The van der Waals surface area contributed by atoms with Crippen LogP contribution in [0.1, 0.15) is 26.3 Å². The third-order valence-corrected chi connectivity index (χ3v) is 4.13. The standard InChI is InChI=1S/C18H20BrN5O3/c1-18(2,3)27-15(26)9-20-16-12(19)8-21-17(24-16)22-11-4-5-13-10(6-11)7-14(25)23-13/h4-6,8H,7,9H2,1-3H3,(H,23,25)(H2,20,21,22,24). The molecule has 0 fully saturated rings. The zero-order chi connectivity index (χ0) is 19.6. The summed E-state index contributed by atoms with van der Waals surface area (Å²) in [5.74, 6) is 0.437. The largest absolute Gasteiger partial charge is 0.459 e. The molecule has 2 aromatic rings. The predicted molar refractivity (Wildman–Crippen MR) is 106 cm³/mol. The summed E-state index contributed by atoms with van der Waals surface area (Å²) in [5.41, 5.74) is 1.97. The molecule has 0 aliphatic carbocycles. The summed E-state index contributed by atoms with van der Waals surface area (Å²) in [6, 6.07) is 5.55. The van der Waals surface area contributed by atoms with Gasteiger partial charge in [0.1, 0.15) is 18.0 Å². The Balaban J connectivity index is 1.68. The van der Waals surface area contributed by atoms with Gasteiger partial charge in [0, 0.05) is 17.6 Å². The van der Waals surface area contributed by atoms with Gasteiger partial charge in [0.05, 0.1) is 10.9 Å². The highest BCUT2D eigenvalue weighted by Gasteiger charge is 2.18. The van der Waals surface area contributed by atoms with Crippen LogP contribution in [0.5, 0.6) is 0 Å². The number of esters is 1. The summed E-state index contributed by atoms with van der Waals surface area (Å²) in [7, 11) is 0. The molecule has 0 atom stereocenters. The molecule has 1 aliphatic heterocycles. The fourth-order valence-electron chi connectivity index (χ4n) is 2.52. The minimum absolute atomic E-state index is 0.0149. The molecule has 142 valence electrons. The first kappa shape index (κ1) is 19.1. The average molecular weight is 434 g/mol. The number of nitrogens with one attached hydrogen (secondary N) is 3. The molecule has 1 aromatic carbocycles. The van der Waals surface area contributed by atoms with Crippen molar-refractivity contribution >= 4 is 50.9 Å². The Labute approximate surface area is 165 Å². The Kier molecular flexibility index (Phi) is 5.31. The molecule has 0 saturated carbocycles. The average Bonchev–Trinajstić information content (AvgIpc) is 2.93. The van der Waals surface area contributed by atoms with Gasteiger partial charge < -0.3 is 20.7 Å². The van der Waals surface area contributed by atoms with Crippen molar-refractivity contribution in [1.82, 2.24) is 9.97 Å². The van der Waals surface area contributed by atoms with Crippen LogP contribution in [-0.2, 0) is 20.7 Å². The lowest BCUT2D eigenvalue weighted by Crippen LogP contribution is -2.28. The molecular weight excluding hydrogens is 414 g/mol.